The Labute approximate surface area is 113 Å². The molecule has 2 unspecified atom stereocenters. The van der Waals surface area contributed by atoms with Crippen molar-refractivity contribution in [1.82, 2.24) is 4.90 Å². The monoisotopic (exact) mass is 261 g/mol. The Hall–Kier alpha value is -1.55. The van der Waals surface area contributed by atoms with Gasteiger partial charge >= 0.3 is 6.09 Å². The molecular formula is C15H19NO3. The number of benzene rings is 1. The lowest BCUT2D eigenvalue weighted by Crippen LogP contribution is -2.57. The predicted molar refractivity (Wildman–Crippen MR) is 70.7 cm³/mol. The van der Waals surface area contributed by atoms with E-state index in [0.29, 0.717) is 19.8 Å². The van der Waals surface area contributed by atoms with Crippen molar-refractivity contribution in [2.24, 2.45) is 0 Å². The van der Waals surface area contributed by atoms with Crippen molar-refractivity contribution in [3.05, 3.63) is 35.9 Å². The van der Waals surface area contributed by atoms with Crippen LogP contribution in [0.15, 0.2) is 30.3 Å². The average molecular weight is 261 g/mol. The summed E-state index contributed by atoms with van der Waals surface area (Å²) in [4.78, 5) is 14.1. The molecule has 0 aliphatic carbocycles. The fourth-order valence-electron chi connectivity index (χ4n) is 2.92. The molecule has 2 saturated heterocycles. The van der Waals surface area contributed by atoms with Gasteiger partial charge < -0.3 is 9.47 Å². The van der Waals surface area contributed by atoms with Gasteiger partial charge in [-0.2, -0.15) is 0 Å². The van der Waals surface area contributed by atoms with Crippen LogP contribution >= 0.6 is 0 Å². The fourth-order valence-corrected chi connectivity index (χ4v) is 2.92. The summed E-state index contributed by atoms with van der Waals surface area (Å²) in [5.41, 5.74) is 1.02. The lowest BCUT2D eigenvalue weighted by Gasteiger charge is -2.44. The van der Waals surface area contributed by atoms with Crippen LogP contribution in [0.4, 0.5) is 4.79 Å². The van der Waals surface area contributed by atoms with Crippen LogP contribution in [-0.4, -0.2) is 36.3 Å². The Balaban J connectivity index is 1.60. The molecule has 1 aromatic rings. The Morgan fingerprint density at radius 2 is 1.89 bits per heavy atom. The van der Waals surface area contributed by atoms with Crippen molar-refractivity contribution in [2.45, 2.75) is 38.0 Å². The van der Waals surface area contributed by atoms with Crippen LogP contribution in [0.3, 0.4) is 0 Å². The molecule has 0 N–H and O–H groups in total. The topological polar surface area (TPSA) is 38.8 Å². The van der Waals surface area contributed by atoms with Gasteiger partial charge in [0.1, 0.15) is 6.61 Å². The highest BCUT2D eigenvalue weighted by atomic mass is 16.6. The molecule has 0 radical (unpaired) electrons. The Morgan fingerprint density at radius 1 is 1.21 bits per heavy atom. The van der Waals surface area contributed by atoms with Crippen LogP contribution in [0.2, 0.25) is 0 Å². The van der Waals surface area contributed by atoms with Crippen molar-refractivity contribution in [3.63, 3.8) is 0 Å². The van der Waals surface area contributed by atoms with Crippen LogP contribution in [0, 0.1) is 0 Å². The maximum Gasteiger partial charge on any atom is 0.410 e. The van der Waals surface area contributed by atoms with E-state index in [4.69, 9.17) is 9.47 Å². The minimum atomic E-state index is -0.193. The van der Waals surface area contributed by atoms with Gasteiger partial charge in [-0.25, -0.2) is 4.79 Å². The second-order valence-electron chi connectivity index (χ2n) is 5.22. The van der Waals surface area contributed by atoms with Gasteiger partial charge in [-0.15, -0.1) is 0 Å². The van der Waals surface area contributed by atoms with E-state index >= 15 is 0 Å². The van der Waals surface area contributed by atoms with E-state index in [2.05, 4.69) is 0 Å². The van der Waals surface area contributed by atoms with Crippen LogP contribution in [0.5, 0.6) is 0 Å². The van der Waals surface area contributed by atoms with Crippen molar-refractivity contribution >= 4 is 6.09 Å². The molecule has 2 aliphatic rings. The van der Waals surface area contributed by atoms with Crippen molar-refractivity contribution < 1.29 is 14.3 Å². The lowest BCUT2D eigenvalue weighted by atomic mass is 9.95. The van der Waals surface area contributed by atoms with Gasteiger partial charge in [-0.05, 0) is 24.8 Å². The summed E-state index contributed by atoms with van der Waals surface area (Å²) in [6.45, 7) is 1.64. The summed E-state index contributed by atoms with van der Waals surface area (Å²) in [6, 6.07) is 10.2. The smallest absolute Gasteiger partial charge is 0.410 e. The number of carbonyl (C=O) groups excluding carboxylic acids is 1. The van der Waals surface area contributed by atoms with Gasteiger partial charge in [-0.1, -0.05) is 30.3 Å². The number of hydrogen-bond acceptors (Lipinski definition) is 3. The summed E-state index contributed by atoms with van der Waals surface area (Å²) in [5, 5.41) is 0. The maximum absolute atomic E-state index is 12.2. The molecule has 2 aliphatic heterocycles. The molecule has 0 aromatic heterocycles. The Kier molecular flexibility index (Phi) is 3.69. The average Bonchev–Trinajstić information content (AvgIpc) is 2.45. The summed E-state index contributed by atoms with van der Waals surface area (Å²) in [5.74, 6) is 0. The molecule has 1 amide bonds. The van der Waals surface area contributed by atoms with Crippen LogP contribution in [0.1, 0.15) is 24.8 Å². The van der Waals surface area contributed by atoms with Gasteiger partial charge in [0.2, 0.25) is 0 Å². The van der Waals surface area contributed by atoms with E-state index in [1.54, 1.807) is 0 Å². The number of amides is 1. The van der Waals surface area contributed by atoms with Crippen LogP contribution < -0.4 is 0 Å². The fraction of sp³-hybridized carbons (Fsp3) is 0.533. The third kappa shape index (κ3) is 2.73. The van der Waals surface area contributed by atoms with Gasteiger partial charge in [0.05, 0.1) is 25.3 Å². The third-order valence-corrected chi connectivity index (χ3v) is 3.90. The molecule has 0 saturated carbocycles. The number of hydrogen-bond donors (Lipinski definition) is 0. The van der Waals surface area contributed by atoms with Crippen molar-refractivity contribution in [3.8, 4) is 0 Å². The molecule has 2 fully saturated rings. The first-order chi connectivity index (χ1) is 9.34. The van der Waals surface area contributed by atoms with Gasteiger partial charge in [0.25, 0.3) is 0 Å². The second kappa shape index (κ2) is 5.61. The molecule has 2 atom stereocenters. The number of fused-ring (bicyclic) bond motifs is 2. The second-order valence-corrected chi connectivity index (χ2v) is 5.22. The standard InChI is InChI=1S/C15H19NO3/c17-15(19-9-12-5-2-1-3-6-12)16-13-7-4-8-14(16)11-18-10-13/h1-3,5-6,13-14H,4,7-11H2. The number of rotatable bonds is 2. The minimum Gasteiger partial charge on any atom is -0.445 e. The Morgan fingerprint density at radius 3 is 2.58 bits per heavy atom. The predicted octanol–water partition coefficient (Wildman–Crippen LogP) is 2.58. The highest BCUT2D eigenvalue weighted by Crippen LogP contribution is 2.28. The number of carbonyl (C=O) groups is 1. The van der Waals surface area contributed by atoms with Gasteiger partial charge in [0, 0.05) is 0 Å². The van der Waals surface area contributed by atoms with E-state index in [0.717, 1.165) is 18.4 Å². The highest BCUT2D eigenvalue weighted by molar-refractivity contribution is 5.69. The normalized spacial score (nSPS) is 26.0. The summed E-state index contributed by atoms with van der Waals surface area (Å²) < 4.78 is 11.0. The maximum atomic E-state index is 12.2. The number of morpholine rings is 1. The summed E-state index contributed by atoms with van der Waals surface area (Å²) >= 11 is 0. The number of ether oxygens (including phenoxy) is 2. The molecule has 19 heavy (non-hydrogen) atoms. The van der Waals surface area contributed by atoms with Gasteiger partial charge in [0.15, 0.2) is 0 Å². The third-order valence-electron chi connectivity index (χ3n) is 3.90. The molecule has 1 aromatic carbocycles. The zero-order valence-corrected chi connectivity index (χ0v) is 11.0. The molecular weight excluding hydrogens is 242 g/mol. The van der Waals surface area contributed by atoms with E-state index in [9.17, 15) is 4.79 Å². The van der Waals surface area contributed by atoms with Crippen LogP contribution in [0.25, 0.3) is 0 Å². The molecule has 2 bridgehead atoms. The molecule has 0 spiro atoms. The lowest BCUT2D eigenvalue weighted by molar-refractivity contribution is -0.0663. The van der Waals surface area contributed by atoms with E-state index in [1.165, 1.54) is 6.42 Å². The summed E-state index contributed by atoms with van der Waals surface area (Å²) in [6.07, 6.45) is 3.04. The molecule has 102 valence electrons. The largest absolute Gasteiger partial charge is 0.445 e. The van der Waals surface area contributed by atoms with Gasteiger partial charge in [-0.3, -0.25) is 4.90 Å². The first kappa shape index (κ1) is 12.5. The minimum absolute atomic E-state index is 0.193. The van der Waals surface area contributed by atoms with E-state index in [1.807, 2.05) is 35.2 Å². The Bertz CT molecular complexity index is 412. The van der Waals surface area contributed by atoms with Crippen molar-refractivity contribution in [2.75, 3.05) is 13.2 Å². The summed E-state index contributed by atoms with van der Waals surface area (Å²) in [7, 11) is 0. The molecule has 3 rings (SSSR count). The zero-order valence-electron chi connectivity index (χ0n) is 11.0. The number of nitrogens with zero attached hydrogens (tertiary/aromatic N) is 1. The van der Waals surface area contributed by atoms with Crippen LogP contribution in [-0.2, 0) is 16.1 Å². The van der Waals surface area contributed by atoms with E-state index in [-0.39, 0.29) is 18.2 Å². The molecule has 4 nitrogen and oxygen atoms in total. The van der Waals surface area contributed by atoms with E-state index < -0.39 is 0 Å². The zero-order chi connectivity index (χ0) is 13.1. The molecule has 4 heteroatoms. The van der Waals surface area contributed by atoms with Crippen molar-refractivity contribution in [1.29, 1.82) is 0 Å². The first-order valence-corrected chi connectivity index (χ1v) is 6.91. The molecule has 2 heterocycles. The SMILES string of the molecule is O=C(OCc1ccccc1)N1C2CCCC1COC2. The highest BCUT2D eigenvalue weighted by Gasteiger charge is 2.38. The number of piperidine rings is 1. The quantitative estimate of drug-likeness (QED) is 0.821. The first-order valence-electron chi connectivity index (χ1n) is 6.91.